The van der Waals surface area contributed by atoms with Crippen molar-refractivity contribution in [1.82, 2.24) is 14.8 Å². The van der Waals surface area contributed by atoms with Gasteiger partial charge in [-0.3, -0.25) is 19.3 Å². The lowest BCUT2D eigenvalue weighted by Gasteiger charge is -2.04. The number of anilines is 2. The van der Waals surface area contributed by atoms with Crippen LogP contribution in [0.1, 0.15) is 25.7 Å². The molecule has 0 aromatic carbocycles. The van der Waals surface area contributed by atoms with Gasteiger partial charge in [0.1, 0.15) is 6.54 Å². The summed E-state index contributed by atoms with van der Waals surface area (Å²) in [7, 11) is 0. The van der Waals surface area contributed by atoms with Gasteiger partial charge in [-0.1, -0.05) is 12.8 Å². The lowest BCUT2D eigenvalue weighted by molar-refractivity contribution is -0.118. The zero-order valence-corrected chi connectivity index (χ0v) is 13.9. The fourth-order valence-electron chi connectivity index (χ4n) is 3.91. The molecule has 2 aromatic rings. The van der Waals surface area contributed by atoms with E-state index in [1.807, 2.05) is 0 Å². The van der Waals surface area contributed by atoms with Crippen molar-refractivity contribution in [2.24, 2.45) is 17.8 Å². The number of fused-ring (bicyclic) bond motifs is 1. The SMILES string of the molecule is O=C(Cn1cc(NC(=O)C2[C@@H]3CCCC[C@@H]23)cn1)Nc1cccnc1. The second-order valence-corrected chi connectivity index (χ2v) is 6.84. The normalized spacial score (nSPS) is 24.2. The van der Waals surface area contributed by atoms with E-state index in [4.69, 9.17) is 0 Å². The Morgan fingerprint density at radius 2 is 1.92 bits per heavy atom. The van der Waals surface area contributed by atoms with Crippen LogP contribution >= 0.6 is 0 Å². The standard InChI is InChI=1S/C18H21N5O2/c24-16(21-12-4-3-7-19-8-12)11-23-10-13(9-20-23)22-18(25)17-14-5-1-2-6-15(14)17/h3-4,7-10,14-15,17H,1-2,5-6,11H2,(H,21,24)(H,22,25)/t14-,15-/m1/s1. The molecule has 4 rings (SSSR count). The molecule has 2 aromatic heterocycles. The third-order valence-electron chi connectivity index (χ3n) is 5.11. The molecule has 2 aliphatic rings. The van der Waals surface area contributed by atoms with Gasteiger partial charge in [-0.25, -0.2) is 0 Å². The second-order valence-electron chi connectivity index (χ2n) is 6.84. The molecule has 7 nitrogen and oxygen atoms in total. The van der Waals surface area contributed by atoms with Gasteiger partial charge in [0.15, 0.2) is 0 Å². The minimum absolute atomic E-state index is 0.0828. The van der Waals surface area contributed by atoms with E-state index < -0.39 is 0 Å². The van der Waals surface area contributed by atoms with E-state index in [9.17, 15) is 9.59 Å². The molecule has 2 fully saturated rings. The maximum Gasteiger partial charge on any atom is 0.246 e. The average Bonchev–Trinajstić information content (AvgIpc) is 3.20. The van der Waals surface area contributed by atoms with Crippen LogP contribution in [0.2, 0.25) is 0 Å². The highest BCUT2D eigenvalue weighted by molar-refractivity contribution is 5.95. The molecule has 2 aliphatic carbocycles. The van der Waals surface area contributed by atoms with E-state index in [0.29, 0.717) is 23.2 Å². The van der Waals surface area contributed by atoms with E-state index in [1.54, 1.807) is 36.9 Å². The van der Waals surface area contributed by atoms with E-state index in [2.05, 4.69) is 20.7 Å². The average molecular weight is 339 g/mol. The summed E-state index contributed by atoms with van der Waals surface area (Å²) in [4.78, 5) is 28.3. The Balaban J connectivity index is 1.30. The van der Waals surface area contributed by atoms with Crippen molar-refractivity contribution in [2.75, 3.05) is 10.6 Å². The Bertz CT molecular complexity index is 761. The lowest BCUT2D eigenvalue weighted by Crippen LogP contribution is -2.19. The van der Waals surface area contributed by atoms with E-state index in [-0.39, 0.29) is 24.3 Å². The molecule has 2 amide bonds. The molecule has 0 bridgehead atoms. The number of aromatic nitrogens is 3. The molecule has 25 heavy (non-hydrogen) atoms. The minimum Gasteiger partial charge on any atom is -0.323 e. The molecule has 0 radical (unpaired) electrons. The van der Waals surface area contributed by atoms with Crippen LogP contribution in [0.25, 0.3) is 0 Å². The fraction of sp³-hybridized carbons (Fsp3) is 0.444. The first-order valence-corrected chi connectivity index (χ1v) is 8.74. The quantitative estimate of drug-likeness (QED) is 0.875. The van der Waals surface area contributed by atoms with E-state index in [1.165, 1.54) is 30.4 Å². The van der Waals surface area contributed by atoms with Crippen LogP contribution < -0.4 is 10.6 Å². The highest BCUT2D eigenvalue weighted by atomic mass is 16.2. The number of nitrogens with zero attached hydrogens (tertiary/aromatic N) is 3. The molecular formula is C18H21N5O2. The molecule has 130 valence electrons. The molecule has 0 aliphatic heterocycles. The number of hydrogen-bond acceptors (Lipinski definition) is 4. The molecule has 0 saturated heterocycles. The number of hydrogen-bond donors (Lipinski definition) is 2. The first-order chi connectivity index (χ1) is 12.2. The van der Waals surface area contributed by atoms with Gasteiger partial charge < -0.3 is 10.6 Å². The fourth-order valence-corrected chi connectivity index (χ4v) is 3.91. The first kappa shape index (κ1) is 15.8. The Kier molecular flexibility index (Phi) is 4.21. The van der Waals surface area contributed by atoms with Gasteiger partial charge in [-0.2, -0.15) is 5.10 Å². The monoisotopic (exact) mass is 339 g/mol. The summed E-state index contributed by atoms with van der Waals surface area (Å²) in [6, 6.07) is 3.53. The predicted octanol–water partition coefficient (Wildman–Crippen LogP) is 2.29. The van der Waals surface area contributed by atoms with Crippen LogP contribution in [0.3, 0.4) is 0 Å². The number of nitrogens with one attached hydrogen (secondary N) is 2. The molecule has 2 N–H and O–H groups in total. The van der Waals surface area contributed by atoms with E-state index in [0.717, 1.165) is 0 Å². The molecule has 2 atom stereocenters. The van der Waals surface area contributed by atoms with Gasteiger partial charge in [0.2, 0.25) is 11.8 Å². The van der Waals surface area contributed by atoms with Crippen LogP contribution in [0.15, 0.2) is 36.9 Å². The van der Waals surface area contributed by atoms with Gasteiger partial charge in [-0.15, -0.1) is 0 Å². The zero-order valence-electron chi connectivity index (χ0n) is 13.9. The van der Waals surface area contributed by atoms with Crippen LogP contribution in [0, 0.1) is 17.8 Å². The maximum atomic E-state index is 12.4. The third kappa shape index (κ3) is 3.55. The maximum absolute atomic E-state index is 12.4. The van der Waals surface area contributed by atoms with Gasteiger partial charge in [0.05, 0.1) is 23.8 Å². The summed E-state index contributed by atoms with van der Waals surface area (Å²) >= 11 is 0. The van der Waals surface area contributed by atoms with Gasteiger partial charge >= 0.3 is 0 Å². The molecule has 2 saturated carbocycles. The summed E-state index contributed by atoms with van der Waals surface area (Å²) in [5.74, 6) is 1.22. The molecule has 2 heterocycles. The number of carbonyl (C=O) groups excluding carboxylic acids is 2. The summed E-state index contributed by atoms with van der Waals surface area (Å²) in [5.41, 5.74) is 1.28. The highest BCUT2D eigenvalue weighted by Crippen LogP contribution is 2.55. The summed E-state index contributed by atoms with van der Waals surface area (Å²) in [5, 5.41) is 9.84. The smallest absolute Gasteiger partial charge is 0.246 e. The molecular weight excluding hydrogens is 318 g/mol. The summed E-state index contributed by atoms with van der Waals surface area (Å²) in [6.07, 6.45) is 11.3. The molecule has 0 unspecified atom stereocenters. The highest BCUT2D eigenvalue weighted by Gasteiger charge is 2.54. The van der Waals surface area contributed by atoms with Crippen molar-refractivity contribution in [3.8, 4) is 0 Å². The topological polar surface area (TPSA) is 88.9 Å². The van der Waals surface area contributed by atoms with Crippen LogP contribution in [0.5, 0.6) is 0 Å². The summed E-state index contributed by atoms with van der Waals surface area (Å²) < 4.78 is 1.52. The van der Waals surface area contributed by atoms with Crippen LogP contribution in [0.4, 0.5) is 11.4 Å². The number of rotatable bonds is 5. The van der Waals surface area contributed by atoms with Crippen molar-refractivity contribution >= 4 is 23.2 Å². The second kappa shape index (κ2) is 6.66. The Morgan fingerprint density at radius 3 is 2.64 bits per heavy atom. The predicted molar refractivity (Wildman–Crippen MR) is 92.7 cm³/mol. The Labute approximate surface area is 145 Å². The van der Waals surface area contributed by atoms with Crippen molar-refractivity contribution in [3.05, 3.63) is 36.9 Å². The van der Waals surface area contributed by atoms with Gasteiger partial charge in [0.25, 0.3) is 0 Å². The molecule has 0 spiro atoms. The van der Waals surface area contributed by atoms with Crippen LogP contribution in [-0.2, 0) is 16.1 Å². The number of amides is 2. The van der Waals surface area contributed by atoms with Crippen molar-refractivity contribution in [2.45, 2.75) is 32.2 Å². The third-order valence-corrected chi connectivity index (χ3v) is 5.11. The number of pyridine rings is 1. The van der Waals surface area contributed by atoms with Crippen LogP contribution in [-0.4, -0.2) is 26.6 Å². The Hall–Kier alpha value is -2.70. The lowest BCUT2D eigenvalue weighted by atomic mass is 10.0. The zero-order chi connectivity index (χ0) is 17.2. The van der Waals surface area contributed by atoms with Crippen molar-refractivity contribution < 1.29 is 9.59 Å². The van der Waals surface area contributed by atoms with Gasteiger partial charge in [-0.05, 0) is 36.8 Å². The first-order valence-electron chi connectivity index (χ1n) is 8.74. The number of carbonyl (C=O) groups is 2. The summed E-state index contributed by atoms with van der Waals surface area (Å²) in [6.45, 7) is 0.0828. The molecule has 7 heteroatoms. The minimum atomic E-state index is -0.192. The van der Waals surface area contributed by atoms with Crippen molar-refractivity contribution in [1.29, 1.82) is 0 Å². The van der Waals surface area contributed by atoms with Gasteiger partial charge in [0, 0.05) is 18.3 Å². The largest absolute Gasteiger partial charge is 0.323 e. The van der Waals surface area contributed by atoms with Crippen molar-refractivity contribution in [3.63, 3.8) is 0 Å². The van der Waals surface area contributed by atoms with E-state index >= 15 is 0 Å². The Morgan fingerprint density at radius 1 is 1.12 bits per heavy atom.